The molecule has 5 rings (SSSR count). The van der Waals surface area contributed by atoms with Gasteiger partial charge in [-0.15, -0.1) is 12.4 Å². The van der Waals surface area contributed by atoms with Crippen molar-refractivity contribution in [1.29, 1.82) is 0 Å². The first-order chi connectivity index (χ1) is 19.2. The molecule has 4 aromatic rings. The van der Waals surface area contributed by atoms with E-state index in [0.717, 1.165) is 11.1 Å². The highest BCUT2D eigenvalue weighted by Gasteiger charge is 2.27. The van der Waals surface area contributed by atoms with E-state index in [-0.39, 0.29) is 48.8 Å². The van der Waals surface area contributed by atoms with Crippen LogP contribution in [-0.2, 0) is 18.4 Å². The van der Waals surface area contributed by atoms with Gasteiger partial charge in [0.25, 0.3) is 5.56 Å². The first-order valence-corrected chi connectivity index (χ1v) is 13.0. The van der Waals surface area contributed by atoms with Crippen LogP contribution in [0.5, 0.6) is 5.75 Å². The van der Waals surface area contributed by atoms with Crippen molar-refractivity contribution in [3.63, 3.8) is 0 Å². The third kappa shape index (κ3) is 6.03. The number of aromatic nitrogens is 4. The summed E-state index contributed by atoms with van der Waals surface area (Å²) >= 11 is 0. The number of ether oxygens (including phenoxy) is 1. The van der Waals surface area contributed by atoms with Gasteiger partial charge in [-0.2, -0.15) is 8.78 Å². The maximum absolute atomic E-state index is 13.0. The fourth-order valence-electron chi connectivity index (χ4n) is 5.21. The van der Waals surface area contributed by atoms with Crippen molar-refractivity contribution >= 4 is 35.0 Å². The van der Waals surface area contributed by atoms with Crippen molar-refractivity contribution in [1.82, 2.24) is 24.2 Å². The van der Waals surface area contributed by atoms with Crippen molar-refractivity contribution in [3.05, 3.63) is 70.3 Å². The summed E-state index contributed by atoms with van der Waals surface area (Å²) in [4.78, 5) is 38.1. The van der Waals surface area contributed by atoms with E-state index < -0.39 is 6.61 Å². The van der Waals surface area contributed by atoms with E-state index in [4.69, 9.17) is 10.5 Å². The molecule has 0 radical (unpaired) electrons. The number of nitrogens with zero attached hydrogens (tertiary/aromatic N) is 6. The van der Waals surface area contributed by atoms with Crippen LogP contribution in [0.25, 0.3) is 22.2 Å². The van der Waals surface area contributed by atoms with Crippen molar-refractivity contribution in [2.45, 2.75) is 33.0 Å². The Bertz CT molecular complexity index is 1610. The van der Waals surface area contributed by atoms with Crippen molar-refractivity contribution in [2.75, 3.05) is 31.1 Å². The summed E-state index contributed by atoms with van der Waals surface area (Å²) < 4.78 is 34.0. The molecule has 41 heavy (non-hydrogen) atoms. The Hall–Kier alpha value is -4.03. The van der Waals surface area contributed by atoms with Crippen LogP contribution in [0.3, 0.4) is 0 Å². The lowest BCUT2D eigenvalue weighted by Crippen LogP contribution is -2.55. The standard InChI is InChI=1S/C28H31F2N7O3.ClH/c1-17-4-7-24(40-28(29)30)20(10-17)16-37-23-11-19(5-6-21(23)27(39)34(37)3)22-13-33-25(14-32-22)35-8-9-36(18(2)15-35)26(38)12-31;/h4-7,10-11,13-14,18,28H,8-9,12,15-16,31H2,1-3H3;1H/t18-;/m0./s1. The van der Waals surface area contributed by atoms with Crippen molar-refractivity contribution in [3.8, 4) is 17.0 Å². The molecule has 0 saturated carbocycles. The van der Waals surface area contributed by atoms with E-state index in [0.29, 0.717) is 47.6 Å². The number of piperazine rings is 1. The minimum absolute atomic E-state index is 0. The zero-order chi connectivity index (χ0) is 28.6. The number of halogens is 3. The average molecular weight is 588 g/mol. The molecule has 0 spiro atoms. The van der Waals surface area contributed by atoms with E-state index >= 15 is 0 Å². The number of hydrogen-bond donors (Lipinski definition) is 1. The molecule has 2 aromatic carbocycles. The van der Waals surface area contributed by atoms with Crippen LogP contribution in [-0.4, -0.2) is 69.0 Å². The molecule has 13 heteroatoms. The van der Waals surface area contributed by atoms with E-state index in [1.54, 1.807) is 47.2 Å². The second-order valence-corrected chi connectivity index (χ2v) is 9.95. The number of anilines is 1. The summed E-state index contributed by atoms with van der Waals surface area (Å²) in [5.41, 5.74) is 8.75. The van der Waals surface area contributed by atoms with Gasteiger partial charge >= 0.3 is 6.61 Å². The number of aryl methyl sites for hydroxylation is 1. The fourth-order valence-corrected chi connectivity index (χ4v) is 5.21. The summed E-state index contributed by atoms with van der Waals surface area (Å²) in [7, 11) is 1.64. The third-order valence-corrected chi connectivity index (χ3v) is 7.29. The molecule has 0 unspecified atom stereocenters. The van der Waals surface area contributed by atoms with Gasteiger partial charge in [-0.3, -0.25) is 23.9 Å². The predicted molar refractivity (Wildman–Crippen MR) is 155 cm³/mol. The maximum atomic E-state index is 13.0. The smallest absolute Gasteiger partial charge is 0.387 e. The number of benzene rings is 2. The highest BCUT2D eigenvalue weighted by Crippen LogP contribution is 2.27. The molecular weight excluding hydrogens is 556 g/mol. The summed E-state index contributed by atoms with van der Waals surface area (Å²) in [6.07, 6.45) is 3.38. The maximum Gasteiger partial charge on any atom is 0.387 e. The Kier molecular flexibility index (Phi) is 8.93. The van der Waals surface area contributed by atoms with Gasteiger partial charge in [0.05, 0.1) is 42.1 Å². The molecule has 1 fully saturated rings. The van der Waals surface area contributed by atoms with Crippen LogP contribution in [0.4, 0.5) is 14.6 Å². The highest BCUT2D eigenvalue weighted by atomic mass is 35.5. The largest absolute Gasteiger partial charge is 0.434 e. The van der Waals surface area contributed by atoms with Crippen LogP contribution >= 0.6 is 12.4 Å². The Morgan fingerprint density at radius 2 is 1.93 bits per heavy atom. The number of fused-ring (bicyclic) bond motifs is 1. The average Bonchev–Trinajstić information content (AvgIpc) is 3.18. The number of alkyl halides is 2. The number of rotatable bonds is 7. The van der Waals surface area contributed by atoms with Gasteiger partial charge in [0.2, 0.25) is 5.91 Å². The van der Waals surface area contributed by atoms with Crippen LogP contribution < -0.4 is 20.9 Å². The Labute approximate surface area is 241 Å². The summed E-state index contributed by atoms with van der Waals surface area (Å²) in [5, 5.41) is 0.499. The normalized spacial score (nSPS) is 15.3. The number of carbonyl (C=O) groups excluding carboxylic acids is 1. The van der Waals surface area contributed by atoms with E-state index in [2.05, 4.69) is 14.9 Å². The first-order valence-electron chi connectivity index (χ1n) is 13.0. The first kappa shape index (κ1) is 29.9. The zero-order valence-electron chi connectivity index (χ0n) is 23.0. The van der Waals surface area contributed by atoms with Gasteiger partial charge in [-0.25, -0.2) is 4.98 Å². The Morgan fingerprint density at radius 3 is 2.59 bits per heavy atom. The van der Waals surface area contributed by atoms with Crippen molar-refractivity contribution in [2.24, 2.45) is 12.8 Å². The number of amides is 1. The van der Waals surface area contributed by atoms with Crippen LogP contribution in [0.1, 0.15) is 18.1 Å². The fraction of sp³-hybridized carbons (Fsp3) is 0.357. The molecule has 2 N–H and O–H groups in total. The Morgan fingerprint density at radius 1 is 1.15 bits per heavy atom. The van der Waals surface area contributed by atoms with E-state index in [1.807, 2.05) is 26.0 Å². The molecule has 1 atom stereocenters. The van der Waals surface area contributed by atoms with Crippen LogP contribution in [0.15, 0.2) is 53.6 Å². The number of nitrogens with two attached hydrogens (primary N) is 1. The van der Waals surface area contributed by atoms with E-state index in [9.17, 15) is 18.4 Å². The lowest BCUT2D eigenvalue weighted by Gasteiger charge is -2.40. The van der Waals surface area contributed by atoms with Gasteiger partial charge in [0.15, 0.2) is 0 Å². The molecule has 1 amide bonds. The summed E-state index contributed by atoms with van der Waals surface area (Å²) in [6.45, 7) is 2.85. The van der Waals surface area contributed by atoms with Gasteiger partial charge < -0.3 is 20.3 Å². The lowest BCUT2D eigenvalue weighted by molar-refractivity contribution is -0.132. The Balaban J connectivity index is 0.00000387. The molecule has 218 valence electrons. The highest BCUT2D eigenvalue weighted by molar-refractivity contribution is 5.85. The summed E-state index contributed by atoms with van der Waals surface area (Å²) in [5.74, 6) is 0.706. The predicted octanol–water partition coefficient (Wildman–Crippen LogP) is 3.17. The zero-order valence-corrected chi connectivity index (χ0v) is 23.8. The van der Waals surface area contributed by atoms with Gasteiger partial charge in [-0.1, -0.05) is 23.8 Å². The third-order valence-electron chi connectivity index (χ3n) is 7.29. The van der Waals surface area contributed by atoms with Crippen LogP contribution in [0, 0.1) is 6.92 Å². The molecular formula is C28H32ClF2N7O3. The second kappa shape index (κ2) is 12.2. The minimum atomic E-state index is -2.96. The van der Waals surface area contributed by atoms with Crippen LogP contribution in [0.2, 0.25) is 0 Å². The van der Waals surface area contributed by atoms with Gasteiger partial charge in [-0.05, 0) is 32.0 Å². The van der Waals surface area contributed by atoms with Gasteiger partial charge in [0.1, 0.15) is 11.6 Å². The molecule has 10 nitrogen and oxygen atoms in total. The molecule has 0 aliphatic carbocycles. The molecule has 1 saturated heterocycles. The summed E-state index contributed by atoms with van der Waals surface area (Å²) in [6, 6.07) is 10.4. The number of hydrogen-bond acceptors (Lipinski definition) is 7. The molecule has 3 heterocycles. The van der Waals surface area contributed by atoms with Gasteiger partial charge in [0, 0.05) is 43.9 Å². The quantitative estimate of drug-likeness (QED) is 0.353. The van der Waals surface area contributed by atoms with E-state index in [1.165, 1.54) is 10.7 Å². The molecule has 2 aromatic heterocycles. The lowest BCUT2D eigenvalue weighted by atomic mass is 10.1. The molecule has 1 aliphatic rings. The second-order valence-electron chi connectivity index (χ2n) is 9.95. The minimum Gasteiger partial charge on any atom is -0.434 e. The molecule has 1 aliphatic heterocycles. The number of carbonyl (C=O) groups is 1. The topological polar surface area (TPSA) is 112 Å². The SMILES string of the molecule is Cc1ccc(OC(F)F)c(Cn2c3cc(-c4cnc(N5CCN(C(=O)CN)[C@@H](C)C5)cn4)ccc3c(=O)n2C)c1.Cl. The molecule has 0 bridgehead atoms. The van der Waals surface area contributed by atoms with Crippen molar-refractivity contribution < 1.29 is 18.3 Å². The monoisotopic (exact) mass is 587 g/mol.